The van der Waals surface area contributed by atoms with Crippen molar-refractivity contribution < 1.29 is 8.78 Å². The Labute approximate surface area is 192 Å². The second kappa shape index (κ2) is 9.55. The summed E-state index contributed by atoms with van der Waals surface area (Å²) in [5.41, 5.74) is 2.61. The van der Waals surface area contributed by atoms with Gasteiger partial charge in [-0.2, -0.15) is 4.98 Å². The molecule has 0 saturated carbocycles. The predicted octanol–water partition coefficient (Wildman–Crippen LogP) is 5.17. The molecule has 33 heavy (non-hydrogen) atoms. The van der Waals surface area contributed by atoms with Crippen molar-refractivity contribution in [2.75, 3.05) is 18.4 Å². The largest absolute Gasteiger partial charge is 0.348 e. The van der Waals surface area contributed by atoms with E-state index in [1.807, 2.05) is 49.9 Å². The lowest BCUT2D eigenvalue weighted by Gasteiger charge is -2.32. The number of nitrogens with one attached hydrogen (secondary N) is 1. The van der Waals surface area contributed by atoms with Gasteiger partial charge in [0.05, 0.1) is 12.6 Å². The molecule has 4 rings (SSSR count). The Morgan fingerprint density at radius 3 is 2.61 bits per heavy atom. The zero-order valence-corrected chi connectivity index (χ0v) is 19.4. The summed E-state index contributed by atoms with van der Waals surface area (Å²) in [7, 11) is 0. The molecule has 0 radical (unpaired) electrons. The number of hydrogen-bond acceptors (Lipinski definition) is 5. The Kier molecular flexibility index (Phi) is 6.74. The summed E-state index contributed by atoms with van der Waals surface area (Å²) in [6.07, 6.45) is 3.06. The SMILES string of the molecule is CCC(C)n1c(=O)ccc2cnc(N[C@@H](C)c3ccc(CN4CCCC(F)(F)C4)cc3)nc21. The molecule has 1 aromatic carbocycles. The van der Waals surface area contributed by atoms with Gasteiger partial charge in [0.15, 0.2) is 0 Å². The highest BCUT2D eigenvalue weighted by Gasteiger charge is 2.34. The number of rotatable bonds is 7. The minimum Gasteiger partial charge on any atom is -0.348 e. The zero-order chi connectivity index (χ0) is 23.6. The van der Waals surface area contributed by atoms with E-state index in [0.717, 1.165) is 22.9 Å². The summed E-state index contributed by atoms with van der Waals surface area (Å²) >= 11 is 0. The van der Waals surface area contributed by atoms with Gasteiger partial charge < -0.3 is 5.32 Å². The molecule has 0 aliphatic carbocycles. The maximum absolute atomic E-state index is 13.7. The summed E-state index contributed by atoms with van der Waals surface area (Å²) in [4.78, 5) is 23.3. The van der Waals surface area contributed by atoms with Crippen molar-refractivity contribution >= 4 is 17.0 Å². The van der Waals surface area contributed by atoms with Crippen LogP contribution in [-0.4, -0.2) is 38.4 Å². The number of aromatic nitrogens is 3. The van der Waals surface area contributed by atoms with Crippen molar-refractivity contribution in [1.82, 2.24) is 19.4 Å². The van der Waals surface area contributed by atoms with Crippen LogP contribution in [0.5, 0.6) is 0 Å². The molecule has 1 N–H and O–H groups in total. The normalized spacial score (nSPS) is 18.2. The van der Waals surface area contributed by atoms with Crippen molar-refractivity contribution in [2.45, 2.75) is 64.6 Å². The fourth-order valence-corrected chi connectivity index (χ4v) is 4.34. The lowest BCUT2D eigenvalue weighted by molar-refractivity contribution is -0.0661. The number of nitrogens with zero attached hydrogens (tertiary/aromatic N) is 4. The molecule has 8 heteroatoms. The van der Waals surface area contributed by atoms with Crippen LogP contribution in [0.1, 0.15) is 63.2 Å². The van der Waals surface area contributed by atoms with Crippen molar-refractivity contribution in [3.8, 4) is 0 Å². The molecule has 176 valence electrons. The van der Waals surface area contributed by atoms with Gasteiger partial charge >= 0.3 is 0 Å². The second-order valence-electron chi connectivity index (χ2n) is 9.05. The van der Waals surface area contributed by atoms with Gasteiger partial charge in [0.25, 0.3) is 11.5 Å². The monoisotopic (exact) mass is 455 g/mol. The molecular formula is C25H31F2N5O. The summed E-state index contributed by atoms with van der Waals surface area (Å²) in [6, 6.07) is 11.3. The quantitative estimate of drug-likeness (QED) is 0.533. The predicted molar refractivity (Wildman–Crippen MR) is 127 cm³/mol. The van der Waals surface area contributed by atoms with Gasteiger partial charge in [-0.15, -0.1) is 0 Å². The maximum atomic E-state index is 13.7. The van der Waals surface area contributed by atoms with E-state index >= 15 is 0 Å². The minimum atomic E-state index is -2.59. The molecule has 0 bridgehead atoms. The highest BCUT2D eigenvalue weighted by molar-refractivity contribution is 5.75. The van der Waals surface area contributed by atoms with E-state index in [1.54, 1.807) is 22.9 Å². The molecule has 1 aliphatic heterocycles. The van der Waals surface area contributed by atoms with E-state index in [0.29, 0.717) is 31.1 Å². The van der Waals surface area contributed by atoms with Crippen molar-refractivity contribution in [3.05, 3.63) is 64.1 Å². The number of anilines is 1. The Morgan fingerprint density at radius 2 is 1.91 bits per heavy atom. The molecule has 1 fully saturated rings. The zero-order valence-electron chi connectivity index (χ0n) is 19.4. The van der Waals surface area contributed by atoms with Crippen LogP contribution in [0, 0.1) is 0 Å². The van der Waals surface area contributed by atoms with Gasteiger partial charge in [-0.05, 0) is 50.4 Å². The summed E-state index contributed by atoms with van der Waals surface area (Å²) in [5.74, 6) is -2.13. The van der Waals surface area contributed by atoms with Crippen LogP contribution >= 0.6 is 0 Å². The summed E-state index contributed by atoms with van der Waals surface area (Å²) < 4.78 is 29.0. The van der Waals surface area contributed by atoms with Gasteiger partial charge in [-0.1, -0.05) is 31.2 Å². The van der Waals surface area contributed by atoms with Crippen LogP contribution in [0.3, 0.4) is 0 Å². The van der Waals surface area contributed by atoms with Crippen LogP contribution < -0.4 is 10.9 Å². The molecule has 0 amide bonds. The molecule has 3 aromatic rings. The van der Waals surface area contributed by atoms with Gasteiger partial charge in [0, 0.05) is 36.7 Å². The van der Waals surface area contributed by atoms with Crippen LogP contribution in [0.4, 0.5) is 14.7 Å². The topological polar surface area (TPSA) is 63.1 Å². The van der Waals surface area contributed by atoms with Gasteiger partial charge in [-0.25, -0.2) is 13.8 Å². The second-order valence-corrected chi connectivity index (χ2v) is 9.05. The van der Waals surface area contributed by atoms with E-state index in [9.17, 15) is 13.6 Å². The van der Waals surface area contributed by atoms with E-state index in [4.69, 9.17) is 0 Å². The Morgan fingerprint density at radius 1 is 1.15 bits per heavy atom. The van der Waals surface area contributed by atoms with Gasteiger partial charge in [0.1, 0.15) is 5.65 Å². The van der Waals surface area contributed by atoms with Crippen molar-refractivity contribution in [2.24, 2.45) is 0 Å². The first-order valence-electron chi connectivity index (χ1n) is 11.6. The third kappa shape index (κ3) is 5.38. The average Bonchev–Trinajstić information content (AvgIpc) is 2.78. The number of alkyl halides is 2. The smallest absolute Gasteiger partial charge is 0.260 e. The van der Waals surface area contributed by atoms with Gasteiger partial charge in [0.2, 0.25) is 5.95 Å². The van der Waals surface area contributed by atoms with E-state index < -0.39 is 5.92 Å². The van der Waals surface area contributed by atoms with E-state index in [-0.39, 0.29) is 30.6 Å². The standard InChI is InChI=1S/C25H31F2N5O/c1-4-17(2)32-22(33)11-10-21-14-28-24(30-23(21)32)29-18(3)20-8-6-19(7-9-20)15-31-13-5-12-25(26,27)16-31/h6-11,14,17-18H,4-5,12-13,15-16H2,1-3H3,(H,28,29,30)/t17?,18-/m0/s1. The third-order valence-electron chi connectivity index (χ3n) is 6.40. The molecular weight excluding hydrogens is 424 g/mol. The first-order valence-corrected chi connectivity index (χ1v) is 11.6. The molecule has 1 unspecified atom stereocenters. The number of hydrogen-bond donors (Lipinski definition) is 1. The lowest BCUT2D eigenvalue weighted by Crippen LogP contribution is -2.41. The maximum Gasteiger partial charge on any atom is 0.260 e. The average molecular weight is 456 g/mol. The molecule has 1 aliphatic rings. The Hall–Kier alpha value is -2.87. The van der Waals surface area contributed by atoms with E-state index in [1.165, 1.54) is 0 Å². The molecule has 1 saturated heterocycles. The third-order valence-corrected chi connectivity index (χ3v) is 6.40. The number of pyridine rings is 1. The number of piperidine rings is 1. The highest BCUT2D eigenvalue weighted by Crippen LogP contribution is 2.28. The Bertz CT molecular complexity index is 1160. The van der Waals surface area contributed by atoms with Crippen LogP contribution in [-0.2, 0) is 6.54 Å². The van der Waals surface area contributed by atoms with Crippen LogP contribution in [0.15, 0.2) is 47.4 Å². The fourth-order valence-electron chi connectivity index (χ4n) is 4.34. The first-order chi connectivity index (χ1) is 15.8. The number of halogens is 2. The van der Waals surface area contributed by atoms with Crippen molar-refractivity contribution in [3.63, 3.8) is 0 Å². The van der Waals surface area contributed by atoms with Crippen molar-refractivity contribution in [1.29, 1.82) is 0 Å². The number of benzene rings is 1. The molecule has 6 nitrogen and oxygen atoms in total. The molecule has 3 heterocycles. The van der Waals surface area contributed by atoms with E-state index in [2.05, 4.69) is 15.3 Å². The van der Waals surface area contributed by atoms with Crippen LogP contribution in [0.2, 0.25) is 0 Å². The lowest BCUT2D eigenvalue weighted by atomic mass is 10.0. The fraction of sp³-hybridized carbons (Fsp3) is 0.480. The first kappa shape index (κ1) is 23.3. The summed E-state index contributed by atoms with van der Waals surface area (Å²) in [5, 5.41) is 4.14. The molecule has 2 aromatic heterocycles. The molecule has 2 atom stereocenters. The minimum absolute atomic E-state index is 0.0179. The molecule has 0 spiro atoms. The highest BCUT2D eigenvalue weighted by atomic mass is 19.3. The number of fused-ring (bicyclic) bond motifs is 1. The summed E-state index contributed by atoms with van der Waals surface area (Å²) in [6.45, 7) is 7.12. The van der Waals surface area contributed by atoms with Crippen LogP contribution in [0.25, 0.3) is 11.0 Å². The number of likely N-dealkylation sites (tertiary alicyclic amines) is 1. The van der Waals surface area contributed by atoms with Gasteiger partial charge in [-0.3, -0.25) is 14.3 Å². The Balaban J connectivity index is 1.48.